The van der Waals surface area contributed by atoms with E-state index in [0.717, 1.165) is 77.0 Å². The van der Waals surface area contributed by atoms with E-state index < -0.39 is 13.9 Å². The van der Waals surface area contributed by atoms with Crippen LogP contribution >= 0.6 is 7.82 Å². The third-order valence-corrected chi connectivity index (χ3v) is 9.53. The molecule has 1 unspecified atom stereocenters. The largest absolute Gasteiger partial charge is 0.756 e. The first kappa shape index (κ1) is 48.7. The molecule has 2 atom stereocenters. The topological polar surface area (TPSA) is 120 Å². The van der Waals surface area contributed by atoms with Crippen LogP contribution in [0.15, 0.2) is 12.2 Å². The van der Waals surface area contributed by atoms with Crippen LogP contribution in [0.5, 0.6) is 0 Å². The number of rotatable bonds is 37. The number of hydrogen-bond donors (Lipinski definition) is 0. The summed E-state index contributed by atoms with van der Waals surface area (Å²) in [7, 11) is 1.34. The van der Waals surface area contributed by atoms with Gasteiger partial charge in [0.25, 0.3) is 7.82 Å². The summed E-state index contributed by atoms with van der Waals surface area (Å²) in [6.07, 6.45) is 25.2. The zero-order chi connectivity index (χ0) is 37.4. The molecule has 10 nitrogen and oxygen atoms in total. The van der Waals surface area contributed by atoms with E-state index in [4.69, 9.17) is 23.3 Å². The van der Waals surface area contributed by atoms with Gasteiger partial charge in [0.1, 0.15) is 25.9 Å². The number of likely N-dealkylation sites (N-methyl/N-ethyl adjacent to an activating group) is 1. The molecular weight excluding hydrogens is 657 g/mol. The van der Waals surface area contributed by atoms with Crippen LogP contribution in [-0.2, 0) is 37.4 Å². The van der Waals surface area contributed by atoms with E-state index in [1.54, 1.807) is 6.92 Å². The molecule has 0 aromatic carbocycles. The molecule has 0 aliphatic heterocycles. The van der Waals surface area contributed by atoms with Gasteiger partial charge in [-0.1, -0.05) is 135 Å². The molecule has 0 aromatic rings. The van der Waals surface area contributed by atoms with Crippen LogP contribution in [0.2, 0.25) is 0 Å². The molecule has 0 aliphatic carbocycles. The molecule has 0 spiro atoms. The van der Waals surface area contributed by atoms with Gasteiger partial charge in [-0.15, -0.1) is 0 Å². The quantitative estimate of drug-likeness (QED) is 0.0202. The monoisotopic (exact) mass is 734 g/mol. The maximum Gasteiger partial charge on any atom is 0.333 e. The number of ether oxygens (including phenoxy) is 3. The SMILES string of the molecule is C=C(C)C(=O)OCCCCCCCCCCCO[C@H](COC(=O)CCCCCCCCCCCCCCC)COP(=O)([O-])OCC[N+](C)(C)C. The highest BCUT2D eigenvalue weighted by molar-refractivity contribution is 7.45. The van der Waals surface area contributed by atoms with Crippen molar-refractivity contribution >= 4 is 19.8 Å². The van der Waals surface area contributed by atoms with Crippen molar-refractivity contribution in [3.05, 3.63) is 12.2 Å². The fraction of sp³-hybridized carbons (Fsp3) is 0.897. The lowest BCUT2D eigenvalue weighted by Crippen LogP contribution is -2.37. The Morgan fingerprint density at radius 2 is 1.10 bits per heavy atom. The molecule has 0 aliphatic rings. The lowest BCUT2D eigenvalue weighted by atomic mass is 10.0. The van der Waals surface area contributed by atoms with Gasteiger partial charge >= 0.3 is 11.9 Å². The van der Waals surface area contributed by atoms with E-state index in [0.29, 0.717) is 36.2 Å². The maximum atomic E-state index is 12.4. The Labute approximate surface area is 306 Å². The summed E-state index contributed by atoms with van der Waals surface area (Å²) in [5.41, 5.74) is 0.433. The van der Waals surface area contributed by atoms with Gasteiger partial charge in [-0.2, -0.15) is 0 Å². The Hall–Kier alpha value is -1.29. The zero-order valence-corrected chi connectivity index (χ0v) is 33.8. The average Bonchev–Trinajstić information content (AvgIpc) is 3.05. The Balaban J connectivity index is 4.26. The number of nitrogens with zero attached hydrogens (tertiary/aromatic N) is 1. The summed E-state index contributed by atoms with van der Waals surface area (Å²) in [6.45, 7) is 8.59. The lowest BCUT2D eigenvalue weighted by molar-refractivity contribution is -0.870. The van der Waals surface area contributed by atoms with Crippen molar-refractivity contribution in [3.8, 4) is 0 Å². The van der Waals surface area contributed by atoms with Crippen molar-refractivity contribution in [3.63, 3.8) is 0 Å². The van der Waals surface area contributed by atoms with E-state index in [1.807, 2.05) is 21.1 Å². The molecule has 50 heavy (non-hydrogen) atoms. The number of unbranched alkanes of at least 4 members (excludes halogenated alkanes) is 20. The van der Waals surface area contributed by atoms with E-state index >= 15 is 0 Å². The van der Waals surface area contributed by atoms with Crippen LogP contribution in [-0.4, -0.2) is 83.2 Å². The van der Waals surface area contributed by atoms with Crippen molar-refractivity contribution in [2.75, 3.05) is 60.7 Å². The van der Waals surface area contributed by atoms with Crippen LogP contribution in [0.4, 0.5) is 0 Å². The first-order valence-electron chi connectivity index (χ1n) is 19.9. The number of hydrogen-bond acceptors (Lipinski definition) is 9. The molecule has 0 fully saturated rings. The van der Waals surface area contributed by atoms with Crippen molar-refractivity contribution in [1.29, 1.82) is 0 Å². The molecule has 0 rings (SSSR count). The van der Waals surface area contributed by atoms with Crippen LogP contribution in [0.3, 0.4) is 0 Å². The molecule has 0 heterocycles. The third kappa shape index (κ3) is 35.1. The van der Waals surface area contributed by atoms with Crippen LogP contribution in [0, 0.1) is 0 Å². The first-order chi connectivity index (χ1) is 23.9. The molecule has 296 valence electrons. The molecule has 0 N–H and O–H groups in total. The number of quaternary nitrogens is 1. The number of carbonyl (C=O) groups excluding carboxylic acids is 2. The summed E-state index contributed by atoms with van der Waals surface area (Å²) in [4.78, 5) is 36.1. The van der Waals surface area contributed by atoms with E-state index in [-0.39, 0.29) is 31.8 Å². The molecular formula is C39H76NO9P. The van der Waals surface area contributed by atoms with Crippen molar-refractivity contribution in [1.82, 2.24) is 0 Å². The minimum atomic E-state index is -4.51. The van der Waals surface area contributed by atoms with Gasteiger partial charge in [0.15, 0.2) is 0 Å². The number of carbonyl (C=O) groups is 2. The Kier molecular flexibility index (Phi) is 31.5. The normalized spacial score (nSPS) is 13.6. The summed E-state index contributed by atoms with van der Waals surface area (Å²) in [5.74, 6) is -0.612. The zero-order valence-electron chi connectivity index (χ0n) is 32.9. The van der Waals surface area contributed by atoms with Crippen molar-refractivity contribution in [2.45, 2.75) is 168 Å². The lowest BCUT2D eigenvalue weighted by Gasteiger charge is -2.28. The van der Waals surface area contributed by atoms with Crippen LogP contribution in [0.1, 0.15) is 162 Å². The fourth-order valence-electron chi connectivity index (χ4n) is 5.31. The molecule has 0 aromatic heterocycles. The van der Waals surface area contributed by atoms with E-state index in [1.165, 1.54) is 64.2 Å². The smallest absolute Gasteiger partial charge is 0.333 e. The van der Waals surface area contributed by atoms with Crippen LogP contribution < -0.4 is 4.89 Å². The van der Waals surface area contributed by atoms with Gasteiger partial charge in [-0.3, -0.25) is 9.36 Å². The highest BCUT2D eigenvalue weighted by Crippen LogP contribution is 2.38. The Bertz CT molecular complexity index is 893. The summed E-state index contributed by atoms with van der Waals surface area (Å²) >= 11 is 0. The number of phosphoric ester groups is 1. The number of esters is 2. The first-order valence-corrected chi connectivity index (χ1v) is 21.3. The Morgan fingerprint density at radius 3 is 1.58 bits per heavy atom. The van der Waals surface area contributed by atoms with E-state index in [9.17, 15) is 19.0 Å². The third-order valence-electron chi connectivity index (χ3n) is 8.57. The molecule has 0 saturated heterocycles. The second-order valence-corrected chi connectivity index (χ2v) is 16.3. The summed E-state index contributed by atoms with van der Waals surface area (Å²) in [6, 6.07) is 0. The van der Waals surface area contributed by atoms with Crippen molar-refractivity contribution in [2.24, 2.45) is 0 Å². The fourth-order valence-corrected chi connectivity index (χ4v) is 6.04. The highest BCUT2D eigenvalue weighted by atomic mass is 31.2. The summed E-state index contributed by atoms with van der Waals surface area (Å²) in [5, 5.41) is 0. The minimum Gasteiger partial charge on any atom is -0.756 e. The van der Waals surface area contributed by atoms with Crippen molar-refractivity contribution < 1.29 is 46.8 Å². The van der Waals surface area contributed by atoms with Gasteiger partial charge in [-0.05, 0) is 26.2 Å². The second-order valence-electron chi connectivity index (χ2n) is 14.9. The molecule has 11 heteroatoms. The standard InChI is InChI=1S/C39H76NO9P/c1-7-8-9-10-11-12-13-14-15-17-20-23-26-29-38(41)47-34-37(35-49-50(43,44)48-33-30-40(4,5)6)45-31-27-24-21-18-16-19-22-25-28-32-46-39(42)36(2)3/h37H,2,7-35H2,1,3-6H3/t37-/m1/s1. The predicted octanol–water partition coefficient (Wildman–Crippen LogP) is 9.23. The number of phosphoric acid groups is 1. The molecule has 0 radical (unpaired) electrons. The summed E-state index contributed by atoms with van der Waals surface area (Å²) < 4.78 is 39.6. The van der Waals surface area contributed by atoms with Gasteiger partial charge in [0.2, 0.25) is 0 Å². The van der Waals surface area contributed by atoms with Gasteiger partial charge in [0, 0.05) is 18.6 Å². The molecule has 0 bridgehead atoms. The van der Waals surface area contributed by atoms with Gasteiger partial charge < -0.3 is 32.6 Å². The maximum absolute atomic E-state index is 12.4. The van der Waals surface area contributed by atoms with E-state index in [2.05, 4.69) is 13.5 Å². The predicted molar refractivity (Wildman–Crippen MR) is 201 cm³/mol. The average molecular weight is 734 g/mol. The molecule has 0 saturated carbocycles. The Morgan fingerprint density at radius 1 is 0.640 bits per heavy atom. The van der Waals surface area contributed by atoms with Crippen LogP contribution in [0.25, 0.3) is 0 Å². The highest BCUT2D eigenvalue weighted by Gasteiger charge is 2.19. The second kappa shape index (κ2) is 32.4. The van der Waals surface area contributed by atoms with Gasteiger partial charge in [0.05, 0.1) is 34.4 Å². The van der Waals surface area contributed by atoms with Gasteiger partial charge in [-0.25, -0.2) is 4.79 Å². The minimum absolute atomic E-state index is 0.0226. The molecule has 0 amide bonds.